The van der Waals surface area contributed by atoms with Gasteiger partial charge in [0.15, 0.2) is 18.0 Å². The zero-order valence-electron chi connectivity index (χ0n) is 34.6. The Hall–Kier alpha value is -5.21. The van der Waals surface area contributed by atoms with Crippen LogP contribution in [-0.4, -0.2) is 93.7 Å². The number of carbonyl (C=O) groups excluding carboxylic acids is 5. The fourth-order valence-electron chi connectivity index (χ4n) is 10.5. The largest absolute Gasteiger partial charge is 0.456 e. The third-order valence-electron chi connectivity index (χ3n) is 14.0. The standard InChI is InChI=1S/C47H53NO12/c1-7-46-25-57-33(46)23-32(50)45(6)38(46)40(60-42(54)30-21-15-10-16-22-30)47(56)24-31(26(2)34(44(47,4)5)37(39(45)52)58-27(3)49)59-43(55)36(51)35(28-17-11-8-12-18-28)48-41(53)29-19-13-9-14-20-29/h8-22,31-33,35-38,40,50-51,56H,7,23-25H2,1-6H3,(H,48,53)/t31-,32-,33+,35-,36+,37+,38?,40-,45+,46+,47+/m0/s1. The fraction of sp³-hybridized carbons (Fsp3) is 0.468. The number of aliphatic hydroxyl groups is 3. The summed E-state index contributed by atoms with van der Waals surface area (Å²) in [6, 6.07) is 23.6. The van der Waals surface area contributed by atoms with Gasteiger partial charge in [-0.15, -0.1) is 0 Å². The molecule has 7 rings (SSSR count). The molecular formula is C47H53NO12. The Labute approximate surface area is 349 Å². The van der Waals surface area contributed by atoms with Gasteiger partial charge >= 0.3 is 17.9 Å². The van der Waals surface area contributed by atoms with Gasteiger partial charge in [0.2, 0.25) is 0 Å². The van der Waals surface area contributed by atoms with Crippen LogP contribution in [0.2, 0.25) is 0 Å². The van der Waals surface area contributed by atoms with Crippen LogP contribution < -0.4 is 5.32 Å². The predicted octanol–water partition coefficient (Wildman–Crippen LogP) is 4.83. The van der Waals surface area contributed by atoms with E-state index in [-0.39, 0.29) is 35.3 Å². The van der Waals surface area contributed by atoms with Crippen molar-refractivity contribution in [3.8, 4) is 0 Å². The summed E-state index contributed by atoms with van der Waals surface area (Å²) in [7, 11) is 0. The number of nitrogens with one attached hydrogen (secondary N) is 1. The lowest BCUT2D eigenvalue weighted by Crippen LogP contribution is -2.78. The Balaban J connectivity index is 1.37. The van der Waals surface area contributed by atoms with Crippen molar-refractivity contribution < 1.29 is 58.2 Å². The van der Waals surface area contributed by atoms with E-state index >= 15 is 4.79 Å². The van der Waals surface area contributed by atoms with Gasteiger partial charge in [0.05, 0.1) is 35.8 Å². The summed E-state index contributed by atoms with van der Waals surface area (Å²) in [5, 5.41) is 40.3. The molecule has 4 aliphatic rings. The Morgan fingerprint density at radius 2 is 1.47 bits per heavy atom. The van der Waals surface area contributed by atoms with Gasteiger partial charge in [0, 0.05) is 42.1 Å². The molecule has 2 saturated carbocycles. The summed E-state index contributed by atoms with van der Waals surface area (Å²) < 4.78 is 24.6. The van der Waals surface area contributed by atoms with Crippen molar-refractivity contribution in [1.29, 1.82) is 0 Å². The lowest BCUT2D eigenvalue weighted by atomic mass is 9.41. The van der Waals surface area contributed by atoms with Gasteiger partial charge in [0.1, 0.15) is 17.8 Å². The molecule has 4 N–H and O–H groups in total. The van der Waals surface area contributed by atoms with Crippen LogP contribution >= 0.6 is 0 Å². The van der Waals surface area contributed by atoms with E-state index in [0.717, 1.165) is 6.92 Å². The summed E-state index contributed by atoms with van der Waals surface area (Å²) in [5.41, 5.74) is -5.14. The number of Topliss-reactive ketones (excluding diaryl/α,β-unsaturated/α-hetero) is 1. The van der Waals surface area contributed by atoms with Gasteiger partial charge in [-0.1, -0.05) is 87.5 Å². The van der Waals surface area contributed by atoms with Crippen molar-refractivity contribution >= 4 is 29.6 Å². The molecule has 0 radical (unpaired) electrons. The van der Waals surface area contributed by atoms with Gasteiger partial charge < -0.3 is 39.6 Å². The zero-order valence-corrected chi connectivity index (χ0v) is 34.6. The van der Waals surface area contributed by atoms with Crippen LogP contribution in [0.4, 0.5) is 0 Å². The quantitative estimate of drug-likeness (QED) is 0.124. The summed E-state index contributed by atoms with van der Waals surface area (Å²) >= 11 is 0. The molecule has 13 nitrogen and oxygen atoms in total. The van der Waals surface area contributed by atoms with E-state index in [9.17, 15) is 34.5 Å². The minimum atomic E-state index is -2.19. The maximum Gasteiger partial charge on any atom is 0.338 e. The van der Waals surface area contributed by atoms with E-state index < -0.39 is 106 Å². The molecule has 1 heterocycles. The molecule has 3 aliphatic carbocycles. The van der Waals surface area contributed by atoms with Crippen molar-refractivity contribution in [2.45, 2.75) is 109 Å². The highest BCUT2D eigenvalue weighted by Gasteiger charge is 2.76. The lowest BCUT2D eigenvalue weighted by Gasteiger charge is -2.68. The maximum absolute atomic E-state index is 15.5. The van der Waals surface area contributed by atoms with E-state index in [1.54, 1.807) is 119 Å². The number of ether oxygens (including phenoxy) is 4. The van der Waals surface area contributed by atoms with Gasteiger partial charge in [-0.05, 0) is 61.2 Å². The number of esters is 3. The van der Waals surface area contributed by atoms with Crippen LogP contribution in [0.15, 0.2) is 102 Å². The van der Waals surface area contributed by atoms with Gasteiger partial charge in [-0.3, -0.25) is 14.4 Å². The van der Waals surface area contributed by atoms with E-state index in [1.165, 1.54) is 0 Å². The van der Waals surface area contributed by atoms with E-state index in [4.69, 9.17) is 18.9 Å². The summed E-state index contributed by atoms with van der Waals surface area (Å²) in [5.74, 6) is -5.09. The minimum Gasteiger partial charge on any atom is -0.456 e. The van der Waals surface area contributed by atoms with Gasteiger partial charge in [-0.25, -0.2) is 9.59 Å². The monoisotopic (exact) mass is 823 g/mol. The molecule has 11 atom stereocenters. The Kier molecular flexibility index (Phi) is 11.4. The lowest BCUT2D eigenvalue weighted by molar-refractivity contribution is -0.320. The molecule has 3 aromatic rings. The van der Waals surface area contributed by atoms with Crippen molar-refractivity contribution in [1.82, 2.24) is 5.32 Å². The fourth-order valence-corrected chi connectivity index (χ4v) is 10.5. The third kappa shape index (κ3) is 6.85. The molecule has 1 unspecified atom stereocenters. The molecule has 1 saturated heterocycles. The van der Waals surface area contributed by atoms with Crippen molar-refractivity contribution in [2.24, 2.45) is 22.2 Å². The first kappa shape index (κ1) is 42.9. The van der Waals surface area contributed by atoms with Gasteiger partial charge in [0.25, 0.3) is 5.91 Å². The molecule has 3 aromatic carbocycles. The Morgan fingerprint density at radius 3 is 2.02 bits per heavy atom. The number of fused-ring (bicyclic) bond motifs is 5. The minimum absolute atomic E-state index is 0.0695. The molecule has 318 valence electrons. The van der Waals surface area contributed by atoms with Crippen LogP contribution in [0, 0.1) is 22.2 Å². The number of aliphatic hydroxyl groups excluding tert-OH is 2. The number of hydrogen-bond acceptors (Lipinski definition) is 12. The SMILES string of the molecule is CC[C@@]12CO[C@@H]1C[C@H](O)[C@@]1(C)C(=O)[C@H](OC(C)=O)C3=C(C)[C@@H](OC(=O)[C@H](O)[C@@H](NC(=O)c4ccccc4)c4ccccc4)C[C@@](O)([C@@H](OC(=O)c4ccccc4)C21)C3(C)C. The van der Waals surface area contributed by atoms with Crippen molar-refractivity contribution in [3.05, 3.63) is 119 Å². The second kappa shape index (κ2) is 16.0. The smallest absolute Gasteiger partial charge is 0.338 e. The number of carbonyl (C=O) groups is 5. The molecule has 3 fully saturated rings. The zero-order chi connectivity index (χ0) is 43.4. The number of rotatable bonds is 10. The average Bonchev–Trinajstić information content (AvgIpc) is 3.23. The number of benzene rings is 3. The first-order valence-electron chi connectivity index (χ1n) is 20.4. The predicted molar refractivity (Wildman–Crippen MR) is 216 cm³/mol. The number of ketones is 1. The second-order valence-corrected chi connectivity index (χ2v) is 17.4. The van der Waals surface area contributed by atoms with Crippen molar-refractivity contribution in [3.63, 3.8) is 0 Å². The topological polar surface area (TPSA) is 195 Å². The van der Waals surface area contributed by atoms with Crippen LogP contribution in [0.1, 0.15) is 93.1 Å². The normalized spacial score (nSPS) is 32.6. The third-order valence-corrected chi connectivity index (χ3v) is 14.0. The summed E-state index contributed by atoms with van der Waals surface area (Å²) in [6.07, 6.45) is -8.42. The van der Waals surface area contributed by atoms with E-state index in [2.05, 4.69) is 5.32 Å². The highest BCUT2D eigenvalue weighted by atomic mass is 16.6. The molecule has 13 heteroatoms. The number of hydrogen-bond donors (Lipinski definition) is 4. The molecule has 0 aromatic heterocycles. The molecule has 1 aliphatic heterocycles. The highest BCUT2D eigenvalue weighted by Crippen LogP contribution is 2.67. The molecule has 60 heavy (non-hydrogen) atoms. The van der Waals surface area contributed by atoms with Crippen molar-refractivity contribution in [2.75, 3.05) is 6.61 Å². The summed E-state index contributed by atoms with van der Waals surface area (Å²) in [4.78, 5) is 70.4. The van der Waals surface area contributed by atoms with Crippen LogP contribution in [-0.2, 0) is 33.3 Å². The second-order valence-electron chi connectivity index (χ2n) is 17.4. The Morgan fingerprint density at radius 1 is 0.883 bits per heavy atom. The molecule has 0 spiro atoms. The number of amides is 1. The first-order chi connectivity index (χ1) is 28.4. The Bertz CT molecular complexity index is 2170. The highest BCUT2D eigenvalue weighted by molar-refractivity contribution is 5.96. The van der Waals surface area contributed by atoms with Crippen LogP contribution in [0.5, 0.6) is 0 Å². The van der Waals surface area contributed by atoms with Crippen LogP contribution in [0.25, 0.3) is 0 Å². The molecular weight excluding hydrogens is 771 g/mol. The van der Waals surface area contributed by atoms with Gasteiger partial charge in [-0.2, -0.15) is 0 Å². The van der Waals surface area contributed by atoms with Crippen LogP contribution in [0.3, 0.4) is 0 Å². The van der Waals surface area contributed by atoms with E-state index in [1.807, 2.05) is 6.92 Å². The molecule has 2 bridgehead atoms. The van der Waals surface area contributed by atoms with E-state index in [0.29, 0.717) is 12.0 Å². The maximum atomic E-state index is 15.5. The first-order valence-corrected chi connectivity index (χ1v) is 20.4. The average molecular weight is 824 g/mol. The summed E-state index contributed by atoms with van der Waals surface area (Å²) in [6.45, 7) is 9.67. The molecule has 1 amide bonds.